The van der Waals surface area contributed by atoms with Crippen LogP contribution in [-0.2, 0) is 36.7 Å². The maximum atomic E-state index is 13.4. The maximum Gasteiger partial charge on any atom is 0.386 e. The van der Waals surface area contributed by atoms with Crippen LogP contribution in [0.5, 0.6) is 0 Å². The van der Waals surface area contributed by atoms with Gasteiger partial charge in [-0.2, -0.15) is 9.97 Å². The minimum Gasteiger partial charge on any atom is -0.386 e. The first-order valence-electron chi connectivity index (χ1n) is 13.1. The van der Waals surface area contributed by atoms with Crippen molar-refractivity contribution in [3.8, 4) is 0 Å². The first-order valence-corrected chi connectivity index (χ1v) is 18.5. The van der Waals surface area contributed by atoms with Crippen molar-refractivity contribution < 1.29 is 46.9 Å². The van der Waals surface area contributed by atoms with E-state index in [0.717, 1.165) is 12.7 Å². The van der Waals surface area contributed by atoms with Crippen LogP contribution < -0.4 is 22.6 Å². The largest absolute Gasteiger partial charge is 0.386 e. The van der Waals surface area contributed by atoms with Crippen molar-refractivity contribution in [3.63, 3.8) is 0 Å². The van der Waals surface area contributed by atoms with Gasteiger partial charge in [0.15, 0.2) is 34.8 Å². The van der Waals surface area contributed by atoms with Crippen LogP contribution in [0.3, 0.4) is 0 Å². The molecule has 3 saturated heterocycles. The van der Waals surface area contributed by atoms with E-state index in [2.05, 4.69) is 54.4 Å². The number of nitrogens with zero attached hydrogens (tertiary/aromatic N) is 6. The Kier molecular flexibility index (Phi) is 7.85. The molecule has 0 aliphatic carbocycles. The Bertz CT molecular complexity index is 1910. The number of aromatic amines is 2. The number of aliphatic hydroxyl groups excluding tert-OH is 2. The monoisotopic (exact) mass is 722 g/mol. The lowest BCUT2D eigenvalue weighted by molar-refractivity contribution is -0.0561. The van der Waals surface area contributed by atoms with Gasteiger partial charge < -0.3 is 31.2 Å². The Morgan fingerprint density at radius 2 is 1.17 bits per heavy atom. The third kappa shape index (κ3) is 5.56. The fourth-order valence-electron chi connectivity index (χ4n) is 5.39. The third-order valence-corrected chi connectivity index (χ3v) is 10.6. The zero-order chi connectivity index (χ0) is 32.7. The van der Waals surface area contributed by atoms with Gasteiger partial charge in [0.2, 0.25) is 11.9 Å². The molecular weight excluding hydrogens is 698 g/mol. The second kappa shape index (κ2) is 11.4. The highest BCUT2D eigenvalue weighted by atomic mass is 32.7. The molecule has 10 atom stereocenters. The lowest BCUT2D eigenvalue weighted by Gasteiger charge is -2.28. The van der Waals surface area contributed by atoms with Crippen LogP contribution in [0.2, 0.25) is 0 Å². The number of aliphatic hydroxyl groups is 2. The number of nitrogens with two attached hydrogens (primary N) is 2. The van der Waals surface area contributed by atoms with E-state index in [1.54, 1.807) is 0 Å². The molecule has 0 radical (unpaired) electrons. The van der Waals surface area contributed by atoms with Gasteiger partial charge >= 0.3 is 13.6 Å². The zero-order valence-corrected chi connectivity index (χ0v) is 26.4. The number of hydrogen-bond acceptors (Lipinski definition) is 18. The molecule has 22 nitrogen and oxygen atoms in total. The lowest BCUT2D eigenvalue weighted by atomic mass is 10.1. The zero-order valence-electron chi connectivity index (χ0n) is 22.8. The molecule has 3 aliphatic rings. The summed E-state index contributed by atoms with van der Waals surface area (Å²) in [6.07, 6.45) is -9.18. The second-order valence-electron chi connectivity index (χ2n) is 10.3. The number of rotatable bonds is 2. The minimum absolute atomic E-state index is 0.0429. The van der Waals surface area contributed by atoms with E-state index in [-0.39, 0.29) is 34.2 Å². The second-order valence-corrected chi connectivity index (χ2v) is 16.1. The summed E-state index contributed by atoms with van der Waals surface area (Å²) in [5, 5.41) is 22.5. The van der Waals surface area contributed by atoms with Gasteiger partial charge in [-0.15, -0.1) is 0 Å². The van der Waals surface area contributed by atoms with Gasteiger partial charge in [0.25, 0.3) is 11.1 Å². The van der Waals surface area contributed by atoms with Gasteiger partial charge in [-0.25, -0.2) is 19.1 Å². The molecule has 0 aromatic carbocycles. The Labute approximate surface area is 265 Å². The predicted octanol–water partition coefficient (Wildman–Crippen LogP) is -1.17. The van der Waals surface area contributed by atoms with Crippen molar-refractivity contribution >= 4 is 72.3 Å². The predicted molar refractivity (Wildman–Crippen MR) is 160 cm³/mol. The first-order chi connectivity index (χ1) is 21.7. The van der Waals surface area contributed by atoms with Gasteiger partial charge in [0.05, 0.1) is 25.9 Å². The van der Waals surface area contributed by atoms with Crippen molar-refractivity contribution in [3.05, 3.63) is 33.4 Å². The summed E-state index contributed by atoms with van der Waals surface area (Å²) in [6.45, 7) is -9.96. The Hall–Kier alpha value is -2.86. The minimum atomic E-state index is -4.36. The van der Waals surface area contributed by atoms with Gasteiger partial charge in [-0.05, 0) is 0 Å². The van der Waals surface area contributed by atoms with E-state index in [4.69, 9.17) is 39.0 Å². The van der Waals surface area contributed by atoms with Crippen molar-refractivity contribution in [2.24, 2.45) is 0 Å². The number of H-pyrrole nitrogens is 2. The SMILES string of the molecule is Nc1nc2c(ncn2C2O[C@H]3CO[P@](=O)(S)OC4[C@@H](CO[P@@](=O)(S)O[C@@H]3C2O)O[C@@H](n2cnc3c(=O)[nH]c(N)nc32)[C@H]4O)c(=O)[nH]1. The molecule has 0 amide bonds. The van der Waals surface area contributed by atoms with Crippen LogP contribution in [0, 0.1) is 0 Å². The number of imidazole rings is 2. The van der Waals surface area contributed by atoms with Crippen LogP contribution in [0.4, 0.5) is 11.9 Å². The molecule has 8 N–H and O–H groups in total. The molecule has 7 rings (SSSR count). The molecule has 26 heteroatoms. The summed E-state index contributed by atoms with van der Waals surface area (Å²) < 4.78 is 63.2. The number of thiol groups is 2. The van der Waals surface area contributed by atoms with E-state index in [0.29, 0.717) is 0 Å². The number of fused-ring (bicyclic) bond motifs is 4. The van der Waals surface area contributed by atoms with Crippen molar-refractivity contribution in [1.82, 2.24) is 39.0 Å². The molecule has 3 aliphatic heterocycles. The smallest absolute Gasteiger partial charge is 0.386 e. The molecule has 0 saturated carbocycles. The number of aromatic nitrogens is 8. The van der Waals surface area contributed by atoms with Crippen molar-refractivity contribution in [2.75, 3.05) is 24.7 Å². The van der Waals surface area contributed by atoms with E-state index in [1.165, 1.54) is 9.13 Å². The quantitative estimate of drug-likeness (QED) is 0.0892. The normalized spacial score (nSPS) is 37.1. The summed E-state index contributed by atoms with van der Waals surface area (Å²) in [6, 6.07) is 0. The summed E-state index contributed by atoms with van der Waals surface area (Å²) in [7, 11) is 0. The van der Waals surface area contributed by atoms with Crippen LogP contribution >= 0.6 is 38.1 Å². The van der Waals surface area contributed by atoms with E-state index in [1.807, 2.05) is 0 Å². The average molecular weight is 723 g/mol. The summed E-state index contributed by atoms with van der Waals surface area (Å²) in [5.41, 5.74) is 9.74. The molecule has 0 spiro atoms. The van der Waals surface area contributed by atoms with Gasteiger partial charge in [0, 0.05) is 0 Å². The van der Waals surface area contributed by atoms with Gasteiger partial charge in [-0.1, -0.05) is 24.5 Å². The van der Waals surface area contributed by atoms with Crippen LogP contribution in [0.25, 0.3) is 22.3 Å². The van der Waals surface area contributed by atoms with E-state index in [9.17, 15) is 28.9 Å². The number of anilines is 2. The number of ether oxygens (including phenoxy) is 2. The standard InChI is InChI=1S/C20H24N10O12P2S2/c21-19-25-13-7(15(33)27-19)23-3-29(13)17-9(31)11-5(39-17)1-37-43(35,45)42-12-6(2-38-44(36,46)41-11)40-18(10(12)32)30-4-24-8-14(30)26-20(22)28-16(8)34/h3-6,9-12,17-18,31-32H,1-2H2,(H,35,45)(H,36,46)(H3,21,25,27,33)(H3,22,26,28,34)/t5-,6+,9+,10?,11?,12+,17-,18?,43-,44+/m1/s1. The highest BCUT2D eigenvalue weighted by molar-refractivity contribution is 8.44. The first kappa shape index (κ1) is 31.7. The summed E-state index contributed by atoms with van der Waals surface area (Å²) >= 11 is 8.07. The molecular formula is C20H24N10O12P2S2. The molecule has 4 aromatic heterocycles. The molecule has 46 heavy (non-hydrogen) atoms. The number of nitrogens with one attached hydrogen (secondary N) is 2. The number of hydrogen-bond donors (Lipinski definition) is 8. The maximum absolute atomic E-state index is 13.4. The molecule has 4 aromatic rings. The van der Waals surface area contributed by atoms with Crippen molar-refractivity contribution in [1.29, 1.82) is 0 Å². The Morgan fingerprint density at radius 3 is 1.57 bits per heavy atom. The molecule has 3 fully saturated rings. The van der Waals surface area contributed by atoms with E-state index < -0.39 is 87.0 Å². The topological polar surface area (TPSA) is 309 Å². The average Bonchev–Trinajstić information content (AvgIpc) is 3.72. The Morgan fingerprint density at radius 1 is 0.783 bits per heavy atom. The highest BCUT2D eigenvalue weighted by Crippen LogP contribution is 2.60. The number of nitrogen functional groups attached to an aromatic ring is 2. The van der Waals surface area contributed by atoms with E-state index >= 15 is 0 Å². The van der Waals surface area contributed by atoms with Crippen LogP contribution in [-0.4, -0.2) is 99.1 Å². The molecule has 7 heterocycles. The molecule has 3 unspecified atom stereocenters. The molecule has 0 bridgehead atoms. The fourth-order valence-corrected chi connectivity index (χ4v) is 8.37. The van der Waals surface area contributed by atoms with Crippen LogP contribution in [0.1, 0.15) is 12.5 Å². The molecule has 248 valence electrons. The lowest BCUT2D eigenvalue weighted by Crippen LogP contribution is -2.38. The van der Waals surface area contributed by atoms with Gasteiger partial charge in [-0.3, -0.25) is 46.8 Å². The van der Waals surface area contributed by atoms with Crippen molar-refractivity contribution in [2.45, 2.75) is 49.1 Å². The van der Waals surface area contributed by atoms with Gasteiger partial charge in [0.1, 0.15) is 36.6 Å². The third-order valence-electron chi connectivity index (χ3n) is 7.38. The highest BCUT2D eigenvalue weighted by Gasteiger charge is 2.53. The fraction of sp³-hybridized carbons (Fsp3) is 0.500. The Balaban J connectivity index is 1.18. The summed E-state index contributed by atoms with van der Waals surface area (Å²) in [4.78, 5) is 45.2. The van der Waals surface area contributed by atoms with Crippen LogP contribution in [0.15, 0.2) is 22.2 Å². The summed E-state index contributed by atoms with van der Waals surface area (Å²) in [5.74, 6) is -0.460.